The first-order chi connectivity index (χ1) is 7.66. The Balaban J connectivity index is 2.28. The normalized spacial score (nSPS) is 23.4. The second kappa shape index (κ2) is 4.83. The summed E-state index contributed by atoms with van der Waals surface area (Å²) in [6.07, 6.45) is 2.88. The first-order valence-corrected chi connectivity index (χ1v) is 7.73. The summed E-state index contributed by atoms with van der Waals surface area (Å²) in [6, 6.07) is 3.39. The zero-order chi connectivity index (χ0) is 11.6. The van der Waals surface area contributed by atoms with Crippen LogP contribution >= 0.6 is 11.3 Å². The quantitative estimate of drug-likeness (QED) is 0.889. The lowest BCUT2D eigenvalue weighted by Gasteiger charge is -2.33. The van der Waals surface area contributed by atoms with Crippen LogP contribution in [0, 0.1) is 0 Å². The van der Waals surface area contributed by atoms with Crippen molar-refractivity contribution in [3.8, 4) is 0 Å². The van der Waals surface area contributed by atoms with E-state index in [0.29, 0.717) is 17.3 Å². The van der Waals surface area contributed by atoms with E-state index >= 15 is 0 Å². The van der Waals surface area contributed by atoms with Crippen molar-refractivity contribution < 1.29 is 8.42 Å². The summed E-state index contributed by atoms with van der Waals surface area (Å²) >= 11 is 1.27. The highest BCUT2D eigenvalue weighted by atomic mass is 32.2. The molecule has 1 aliphatic rings. The summed E-state index contributed by atoms with van der Waals surface area (Å²) in [7, 11) is -3.31. The molecule has 2 N–H and O–H groups in total. The third-order valence-corrected chi connectivity index (χ3v) is 6.23. The highest BCUT2D eigenvalue weighted by molar-refractivity contribution is 7.91. The predicted octanol–water partition coefficient (Wildman–Crippen LogP) is 1.25. The molecule has 0 radical (unpaired) electrons. The maximum absolute atomic E-state index is 12.3. The summed E-state index contributed by atoms with van der Waals surface area (Å²) in [5, 5.41) is 1.79. The van der Waals surface area contributed by atoms with Crippen LogP contribution < -0.4 is 5.73 Å². The van der Waals surface area contributed by atoms with Gasteiger partial charge in [0.05, 0.1) is 0 Å². The molecule has 1 unspecified atom stereocenters. The molecule has 1 aromatic heterocycles. The number of hydrogen-bond acceptors (Lipinski definition) is 4. The minimum atomic E-state index is -3.31. The summed E-state index contributed by atoms with van der Waals surface area (Å²) in [6.45, 7) is 1.01. The highest BCUT2D eigenvalue weighted by Crippen LogP contribution is 2.27. The van der Waals surface area contributed by atoms with Crippen LogP contribution in [-0.4, -0.2) is 31.9 Å². The molecule has 1 aromatic rings. The van der Waals surface area contributed by atoms with Gasteiger partial charge in [-0.2, -0.15) is 4.31 Å². The molecule has 0 saturated carbocycles. The van der Waals surface area contributed by atoms with Gasteiger partial charge in [-0.1, -0.05) is 12.5 Å². The van der Waals surface area contributed by atoms with Gasteiger partial charge in [0.25, 0.3) is 10.0 Å². The minimum Gasteiger partial charge on any atom is -0.329 e. The number of nitrogens with two attached hydrogens (primary N) is 1. The molecule has 0 spiro atoms. The van der Waals surface area contributed by atoms with Crippen molar-refractivity contribution in [1.29, 1.82) is 0 Å². The van der Waals surface area contributed by atoms with Crippen LogP contribution in [0.4, 0.5) is 0 Å². The number of thiophene rings is 1. The Hall–Kier alpha value is -0.430. The van der Waals surface area contributed by atoms with E-state index in [-0.39, 0.29) is 6.04 Å². The maximum atomic E-state index is 12.3. The molecule has 6 heteroatoms. The van der Waals surface area contributed by atoms with Gasteiger partial charge in [0.15, 0.2) is 0 Å². The number of sulfonamides is 1. The Morgan fingerprint density at radius 2 is 2.31 bits per heavy atom. The fraction of sp³-hybridized carbons (Fsp3) is 0.600. The first kappa shape index (κ1) is 12.0. The number of nitrogens with zero attached hydrogens (tertiary/aromatic N) is 1. The van der Waals surface area contributed by atoms with E-state index in [1.807, 2.05) is 0 Å². The maximum Gasteiger partial charge on any atom is 0.252 e. The molecule has 1 fully saturated rings. The van der Waals surface area contributed by atoms with Crippen molar-refractivity contribution in [2.24, 2.45) is 5.73 Å². The number of piperidine rings is 1. The molecule has 2 rings (SSSR count). The molecule has 0 aliphatic carbocycles. The van der Waals surface area contributed by atoms with Gasteiger partial charge in [-0.15, -0.1) is 11.3 Å². The van der Waals surface area contributed by atoms with E-state index in [0.717, 1.165) is 19.3 Å². The highest BCUT2D eigenvalue weighted by Gasteiger charge is 2.33. The predicted molar refractivity (Wildman–Crippen MR) is 64.9 cm³/mol. The molecular weight excluding hydrogens is 244 g/mol. The van der Waals surface area contributed by atoms with Crippen molar-refractivity contribution in [2.75, 3.05) is 13.1 Å². The van der Waals surface area contributed by atoms with Crippen molar-refractivity contribution in [2.45, 2.75) is 29.5 Å². The summed E-state index contributed by atoms with van der Waals surface area (Å²) in [5.74, 6) is 0. The van der Waals surface area contributed by atoms with E-state index < -0.39 is 10.0 Å². The lowest BCUT2D eigenvalue weighted by atomic mass is 10.1. The van der Waals surface area contributed by atoms with Crippen LogP contribution in [0.5, 0.6) is 0 Å². The lowest BCUT2D eigenvalue weighted by Crippen LogP contribution is -2.47. The third-order valence-electron chi connectivity index (χ3n) is 2.90. The molecule has 16 heavy (non-hydrogen) atoms. The van der Waals surface area contributed by atoms with Gasteiger partial charge in [0, 0.05) is 19.1 Å². The van der Waals surface area contributed by atoms with Crippen LogP contribution in [0.1, 0.15) is 19.3 Å². The van der Waals surface area contributed by atoms with Gasteiger partial charge < -0.3 is 5.73 Å². The van der Waals surface area contributed by atoms with Crippen LogP contribution in [0.15, 0.2) is 21.7 Å². The molecular formula is C10H16N2O2S2. The monoisotopic (exact) mass is 260 g/mol. The Labute approximate surface area is 100 Å². The summed E-state index contributed by atoms with van der Waals surface area (Å²) in [5.41, 5.74) is 5.64. The molecule has 1 atom stereocenters. The molecule has 90 valence electrons. The number of rotatable bonds is 3. The molecule has 0 aromatic carbocycles. The van der Waals surface area contributed by atoms with Crippen molar-refractivity contribution in [3.05, 3.63) is 17.5 Å². The standard InChI is InChI=1S/C10H16N2O2S2/c11-8-9-4-1-2-6-12(9)16(13,14)10-5-3-7-15-10/h3,5,7,9H,1-2,4,6,8,11H2. The van der Waals surface area contributed by atoms with Crippen molar-refractivity contribution in [1.82, 2.24) is 4.31 Å². The molecule has 0 bridgehead atoms. The van der Waals surface area contributed by atoms with E-state index in [2.05, 4.69) is 0 Å². The van der Waals surface area contributed by atoms with Crippen LogP contribution in [0.25, 0.3) is 0 Å². The topological polar surface area (TPSA) is 63.4 Å². The SMILES string of the molecule is NCC1CCCCN1S(=O)(=O)c1cccs1. The Morgan fingerprint density at radius 3 is 2.94 bits per heavy atom. The zero-order valence-electron chi connectivity index (χ0n) is 9.00. The van der Waals surface area contributed by atoms with Gasteiger partial charge in [-0.25, -0.2) is 8.42 Å². The molecule has 4 nitrogen and oxygen atoms in total. The smallest absolute Gasteiger partial charge is 0.252 e. The number of hydrogen-bond donors (Lipinski definition) is 1. The van der Waals surface area contributed by atoms with Crippen molar-refractivity contribution in [3.63, 3.8) is 0 Å². The van der Waals surface area contributed by atoms with E-state index in [4.69, 9.17) is 5.73 Å². The Bertz CT molecular complexity index is 428. The Kier molecular flexibility index (Phi) is 3.63. The van der Waals surface area contributed by atoms with Crippen LogP contribution in [0.3, 0.4) is 0 Å². The van der Waals surface area contributed by atoms with E-state index in [1.165, 1.54) is 11.3 Å². The second-order valence-corrected chi connectivity index (χ2v) is 7.00. The molecule has 0 amide bonds. The Morgan fingerprint density at radius 1 is 1.50 bits per heavy atom. The zero-order valence-corrected chi connectivity index (χ0v) is 10.6. The lowest BCUT2D eigenvalue weighted by molar-refractivity contribution is 0.258. The first-order valence-electron chi connectivity index (χ1n) is 5.41. The minimum absolute atomic E-state index is 0.0270. The van der Waals surface area contributed by atoms with Gasteiger partial charge in [0.1, 0.15) is 4.21 Å². The van der Waals surface area contributed by atoms with E-state index in [1.54, 1.807) is 21.8 Å². The van der Waals surface area contributed by atoms with Crippen LogP contribution in [0.2, 0.25) is 0 Å². The molecule has 1 saturated heterocycles. The molecule has 2 heterocycles. The second-order valence-electron chi connectivity index (χ2n) is 3.93. The average molecular weight is 260 g/mol. The fourth-order valence-electron chi connectivity index (χ4n) is 2.05. The van der Waals surface area contributed by atoms with Crippen LogP contribution in [-0.2, 0) is 10.0 Å². The van der Waals surface area contributed by atoms with Gasteiger partial charge in [-0.05, 0) is 24.3 Å². The third kappa shape index (κ3) is 2.15. The van der Waals surface area contributed by atoms with E-state index in [9.17, 15) is 8.42 Å². The summed E-state index contributed by atoms with van der Waals surface area (Å²) < 4.78 is 26.6. The van der Waals surface area contributed by atoms with Gasteiger partial charge >= 0.3 is 0 Å². The van der Waals surface area contributed by atoms with Crippen molar-refractivity contribution >= 4 is 21.4 Å². The fourth-order valence-corrected chi connectivity index (χ4v) is 4.88. The van der Waals surface area contributed by atoms with Gasteiger partial charge in [-0.3, -0.25) is 0 Å². The molecule has 1 aliphatic heterocycles. The van der Waals surface area contributed by atoms with Gasteiger partial charge in [0.2, 0.25) is 0 Å². The average Bonchev–Trinajstić information content (AvgIpc) is 2.83. The summed E-state index contributed by atoms with van der Waals surface area (Å²) in [4.78, 5) is 0. The largest absolute Gasteiger partial charge is 0.329 e.